The summed E-state index contributed by atoms with van der Waals surface area (Å²) in [5.41, 5.74) is 4.18. The molecule has 3 aromatic heterocycles. The van der Waals surface area contributed by atoms with Crippen LogP contribution < -0.4 is 5.32 Å². The maximum atomic E-state index is 12.8. The molecule has 0 bridgehead atoms. The van der Waals surface area contributed by atoms with Gasteiger partial charge in [-0.05, 0) is 18.2 Å². The second-order valence-corrected chi connectivity index (χ2v) is 7.14. The summed E-state index contributed by atoms with van der Waals surface area (Å²) in [6.07, 6.45) is 4.04. The van der Waals surface area contributed by atoms with E-state index < -0.39 is 0 Å². The molecular weight excluding hydrogens is 386 g/mol. The van der Waals surface area contributed by atoms with E-state index in [9.17, 15) is 9.59 Å². The first-order valence-electron chi connectivity index (χ1n) is 8.77. The van der Waals surface area contributed by atoms with Gasteiger partial charge in [0.1, 0.15) is 5.69 Å². The highest BCUT2D eigenvalue weighted by atomic mass is 32.1. The Balaban J connectivity index is 1.50. The number of anilines is 1. The van der Waals surface area contributed by atoms with Gasteiger partial charge in [0.05, 0.1) is 34.3 Å². The van der Waals surface area contributed by atoms with Crippen molar-refractivity contribution in [3.63, 3.8) is 0 Å². The van der Waals surface area contributed by atoms with Gasteiger partial charge in [-0.2, -0.15) is 0 Å². The van der Waals surface area contributed by atoms with Crippen molar-refractivity contribution in [2.75, 3.05) is 5.32 Å². The molecule has 0 atom stereocenters. The second-order valence-electron chi connectivity index (χ2n) is 6.30. The van der Waals surface area contributed by atoms with Crippen LogP contribution in [0.25, 0.3) is 27.3 Å². The molecule has 1 amide bonds. The highest BCUT2D eigenvalue weighted by molar-refractivity contribution is 7.15. The maximum Gasteiger partial charge on any atom is 0.275 e. The molecule has 0 aliphatic rings. The molecule has 0 fully saturated rings. The molecule has 0 aliphatic carbocycles. The van der Waals surface area contributed by atoms with Crippen molar-refractivity contribution in [3.8, 4) is 11.3 Å². The van der Waals surface area contributed by atoms with Gasteiger partial charge in [-0.3, -0.25) is 19.0 Å². The quantitative estimate of drug-likeness (QED) is 0.460. The number of para-hydroxylation sites is 3. The maximum absolute atomic E-state index is 12.8. The highest BCUT2D eigenvalue weighted by Crippen LogP contribution is 2.29. The first-order valence-corrected chi connectivity index (χ1v) is 9.65. The van der Waals surface area contributed by atoms with Crippen LogP contribution >= 0.6 is 11.3 Å². The third-order valence-electron chi connectivity index (χ3n) is 4.49. The number of aldehydes is 1. The number of nitrogens with zero attached hydrogens (tertiary/aromatic N) is 4. The number of rotatable bonds is 4. The normalized spacial score (nSPS) is 11.0. The van der Waals surface area contributed by atoms with E-state index in [2.05, 4.69) is 20.3 Å². The van der Waals surface area contributed by atoms with E-state index in [0.717, 1.165) is 17.4 Å². The molecule has 2 aromatic carbocycles. The molecule has 0 saturated carbocycles. The van der Waals surface area contributed by atoms with E-state index in [1.54, 1.807) is 22.0 Å². The third kappa shape index (κ3) is 3.05. The smallest absolute Gasteiger partial charge is 0.275 e. The standard InChI is InChI=1S/C21H13N5O2S/c27-11-13-12-29-21-25-19(10-26(13)21)14-5-1-2-6-15(14)24-20(28)18-9-22-16-7-3-4-8-17(16)23-18/h1-12H,(H,24,28). The van der Waals surface area contributed by atoms with Crippen molar-refractivity contribution in [2.45, 2.75) is 0 Å². The third-order valence-corrected chi connectivity index (χ3v) is 5.35. The fourth-order valence-corrected chi connectivity index (χ4v) is 3.90. The van der Waals surface area contributed by atoms with Crippen molar-refractivity contribution in [2.24, 2.45) is 0 Å². The Bertz CT molecular complexity index is 1390. The predicted molar refractivity (Wildman–Crippen MR) is 111 cm³/mol. The summed E-state index contributed by atoms with van der Waals surface area (Å²) in [5, 5.41) is 4.65. The lowest BCUT2D eigenvalue weighted by atomic mass is 10.1. The van der Waals surface area contributed by atoms with Crippen molar-refractivity contribution < 1.29 is 9.59 Å². The monoisotopic (exact) mass is 399 g/mol. The van der Waals surface area contributed by atoms with Gasteiger partial charge in [0, 0.05) is 17.1 Å². The van der Waals surface area contributed by atoms with Crippen molar-refractivity contribution in [1.82, 2.24) is 19.4 Å². The zero-order valence-electron chi connectivity index (χ0n) is 14.9. The van der Waals surface area contributed by atoms with E-state index in [0.29, 0.717) is 27.6 Å². The highest BCUT2D eigenvalue weighted by Gasteiger charge is 2.15. The molecule has 7 nitrogen and oxygen atoms in total. The Hall–Kier alpha value is -3.91. The van der Waals surface area contributed by atoms with Crippen molar-refractivity contribution in [1.29, 1.82) is 0 Å². The van der Waals surface area contributed by atoms with E-state index in [4.69, 9.17) is 0 Å². The number of thiazole rings is 1. The summed E-state index contributed by atoms with van der Waals surface area (Å²) in [6, 6.07) is 14.8. The van der Waals surface area contributed by atoms with Gasteiger partial charge in [0.15, 0.2) is 11.2 Å². The van der Waals surface area contributed by atoms with Crippen LogP contribution in [0, 0.1) is 0 Å². The Morgan fingerprint density at radius 2 is 1.83 bits per heavy atom. The van der Waals surface area contributed by atoms with Crippen molar-refractivity contribution in [3.05, 3.63) is 77.7 Å². The van der Waals surface area contributed by atoms with E-state index in [1.165, 1.54) is 17.5 Å². The number of nitrogens with one attached hydrogen (secondary N) is 1. The van der Waals surface area contributed by atoms with Gasteiger partial charge < -0.3 is 5.32 Å². The minimum absolute atomic E-state index is 0.229. The molecule has 29 heavy (non-hydrogen) atoms. The number of amides is 1. The number of hydrogen-bond donors (Lipinski definition) is 1. The summed E-state index contributed by atoms with van der Waals surface area (Å²) in [5.74, 6) is -0.356. The number of carbonyl (C=O) groups excluding carboxylic acids is 2. The van der Waals surface area contributed by atoms with Crippen LogP contribution in [-0.4, -0.2) is 31.5 Å². The van der Waals surface area contributed by atoms with Gasteiger partial charge in [-0.1, -0.05) is 30.3 Å². The molecular formula is C21H13N5O2S. The molecule has 1 N–H and O–H groups in total. The molecule has 8 heteroatoms. The number of hydrogen-bond acceptors (Lipinski definition) is 6. The SMILES string of the molecule is O=Cc1csc2nc(-c3ccccc3NC(=O)c3cnc4ccccc4n3)cn12. The van der Waals surface area contributed by atoms with Gasteiger partial charge >= 0.3 is 0 Å². The minimum atomic E-state index is -0.356. The summed E-state index contributed by atoms with van der Waals surface area (Å²) in [6.45, 7) is 0. The van der Waals surface area contributed by atoms with Gasteiger partial charge in [0.2, 0.25) is 0 Å². The number of imidazole rings is 1. The molecule has 5 aromatic rings. The molecule has 0 spiro atoms. The average Bonchev–Trinajstić information content (AvgIpc) is 3.34. The Morgan fingerprint density at radius 3 is 2.69 bits per heavy atom. The van der Waals surface area contributed by atoms with Crippen LogP contribution in [0.1, 0.15) is 21.0 Å². The lowest BCUT2D eigenvalue weighted by molar-refractivity contribution is 0.102. The molecule has 140 valence electrons. The Labute approximate surface area is 168 Å². The topological polar surface area (TPSA) is 89.2 Å². The predicted octanol–water partition coefficient (Wildman–Crippen LogP) is 4.07. The van der Waals surface area contributed by atoms with Crippen molar-refractivity contribution >= 4 is 45.2 Å². The fraction of sp³-hybridized carbons (Fsp3) is 0. The number of carbonyl (C=O) groups is 2. The van der Waals surface area contributed by atoms with Crippen LogP contribution in [0.15, 0.2) is 66.3 Å². The minimum Gasteiger partial charge on any atom is -0.320 e. The zero-order valence-corrected chi connectivity index (χ0v) is 15.8. The van der Waals surface area contributed by atoms with E-state index in [1.807, 2.05) is 42.5 Å². The second kappa shape index (κ2) is 6.92. The Kier molecular flexibility index (Phi) is 4.10. The molecule has 5 rings (SSSR count). The van der Waals surface area contributed by atoms with Gasteiger partial charge in [-0.15, -0.1) is 11.3 Å². The average molecular weight is 399 g/mol. The van der Waals surface area contributed by atoms with Gasteiger partial charge in [-0.25, -0.2) is 9.97 Å². The molecule has 0 saturated heterocycles. The summed E-state index contributed by atoms with van der Waals surface area (Å²) in [4.78, 5) is 37.9. The summed E-state index contributed by atoms with van der Waals surface area (Å²) in [7, 11) is 0. The molecule has 0 unspecified atom stereocenters. The van der Waals surface area contributed by atoms with Crippen LogP contribution in [-0.2, 0) is 0 Å². The van der Waals surface area contributed by atoms with Crippen LogP contribution in [0.5, 0.6) is 0 Å². The van der Waals surface area contributed by atoms with Gasteiger partial charge in [0.25, 0.3) is 5.91 Å². The first kappa shape index (κ1) is 17.2. The number of benzene rings is 2. The lowest BCUT2D eigenvalue weighted by Crippen LogP contribution is -2.14. The summed E-state index contributed by atoms with van der Waals surface area (Å²) < 4.78 is 1.74. The first-order chi connectivity index (χ1) is 14.2. The zero-order chi connectivity index (χ0) is 19.8. The van der Waals surface area contributed by atoms with E-state index >= 15 is 0 Å². The molecule has 0 radical (unpaired) electrons. The largest absolute Gasteiger partial charge is 0.320 e. The number of fused-ring (bicyclic) bond motifs is 2. The van der Waals surface area contributed by atoms with Crippen LogP contribution in [0.2, 0.25) is 0 Å². The van der Waals surface area contributed by atoms with Crippen LogP contribution in [0.4, 0.5) is 5.69 Å². The lowest BCUT2D eigenvalue weighted by Gasteiger charge is -2.09. The fourth-order valence-electron chi connectivity index (χ4n) is 3.08. The molecule has 0 aliphatic heterocycles. The molecule has 3 heterocycles. The number of aromatic nitrogens is 4. The van der Waals surface area contributed by atoms with E-state index in [-0.39, 0.29) is 11.6 Å². The Morgan fingerprint density at radius 1 is 1.03 bits per heavy atom. The summed E-state index contributed by atoms with van der Waals surface area (Å²) >= 11 is 1.39. The van der Waals surface area contributed by atoms with Crippen LogP contribution in [0.3, 0.4) is 0 Å².